The summed E-state index contributed by atoms with van der Waals surface area (Å²) in [5, 5.41) is 3.49. The first kappa shape index (κ1) is 21.4. The molecule has 10 heteroatoms. The lowest BCUT2D eigenvalue weighted by atomic mass is 10.2. The molecule has 0 spiro atoms. The van der Waals surface area contributed by atoms with Crippen LogP contribution < -0.4 is 14.8 Å². The number of ether oxygens (including phenoxy) is 2. The number of benzene rings is 1. The van der Waals surface area contributed by atoms with Gasteiger partial charge in [-0.1, -0.05) is 13.8 Å². The van der Waals surface area contributed by atoms with Crippen LogP contribution in [0.3, 0.4) is 0 Å². The Hall–Kier alpha value is -2.30. The molecular formula is C19H23N3O5S2. The number of hydrogen-bond acceptors (Lipinski definition) is 7. The van der Waals surface area contributed by atoms with Gasteiger partial charge in [-0.15, -0.1) is 11.8 Å². The summed E-state index contributed by atoms with van der Waals surface area (Å²) in [6.07, 6.45) is 1.66. The summed E-state index contributed by atoms with van der Waals surface area (Å²) in [5.74, 6) is 1.67. The molecule has 156 valence electrons. The van der Waals surface area contributed by atoms with Crippen LogP contribution in [0.4, 0.5) is 5.69 Å². The number of carbonyl (C=O) groups is 1. The molecular weight excluding hydrogens is 414 g/mol. The molecule has 2 heterocycles. The van der Waals surface area contributed by atoms with Crippen molar-refractivity contribution in [2.45, 2.75) is 30.2 Å². The highest BCUT2D eigenvalue weighted by molar-refractivity contribution is 7.99. The van der Waals surface area contributed by atoms with E-state index in [1.165, 1.54) is 22.3 Å². The molecule has 1 amide bonds. The van der Waals surface area contributed by atoms with Crippen molar-refractivity contribution in [2.24, 2.45) is 0 Å². The Bertz CT molecular complexity index is 960. The van der Waals surface area contributed by atoms with Crippen LogP contribution in [-0.4, -0.2) is 49.2 Å². The van der Waals surface area contributed by atoms with Crippen molar-refractivity contribution in [3.8, 4) is 11.5 Å². The standard InChI is InChI=1S/C19H23N3O5S2/c1-3-22(4-2)29(24,25)15-6-8-19(20-12-15)28-10-9-18(23)21-14-5-7-16-17(11-14)27-13-26-16/h5-8,11-12H,3-4,9-10,13H2,1-2H3,(H,21,23). The van der Waals surface area contributed by atoms with Crippen molar-refractivity contribution in [3.05, 3.63) is 36.5 Å². The summed E-state index contributed by atoms with van der Waals surface area (Å²) >= 11 is 1.39. The van der Waals surface area contributed by atoms with Crippen molar-refractivity contribution in [1.29, 1.82) is 0 Å². The van der Waals surface area contributed by atoms with Crippen molar-refractivity contribution in [2.75, 3.05) is 31.0 Å². The monoisotopic (exact) mass is 437 g/mol. The Balaban J connectivity index is 1.49. The normalized spacial score (nSPS) is 12.9. The smallest absolute Gasteiger partial charge is 0.244 e. The van der Waals surface area contributed by atoms with E-state index in [2.05, 4.69) is 10.3 Å². The first-order valence-electron chi connectivity index (χ1n) is 9.22. The van der Waals surface area contributed by atoms with Gasteiger partial charge in [0, 0.05) is 43.2 Å². The Morgan fingerprint density at radius 3 is 2.62 bits per heavy atom. The number of amides is 1. The number of thioether (sulfide) groups is 1. The van der Waals surface area contributed by atoms with E-state index in [4.69, 9.17) is 9.47 Å². The lowest BCUT2D eigenvalue weighted by Crippen LogP contribution is -2.30. The summed E-state index contributed by atoms with van der Waals surface area (Å²) < 4.78 is 36.8. The number of aromatic nitrogens is 1. The minimum absolute atomic E-state index is 0.128. The molecule has 0 fully saturated rings. The maximum absolute atomic E-state index is 12.5. The molecule has 1 aliphatic rings. The fraction of sp³-hybridized carbons (Fsp3) is 0.368. The van der Waals surface area contributed by atoms with Crippen LogP contribution in [0.5, 0.6) is 11.5 Å². The number of hydrogen-bond donors (Lipinski definition) is 1. The van der Waals surface area contributed by atoms with Crippen LogP contribution in [0.1, 0.15) is 20.3 Å². The molecule has 29 heavy (non-hydrogen) atoms. The number of rotatable bonds is 9. The molecule has 0 radical (unpaired) electrons. The van der Waals surface area contributed by atoms with Crippen molar-refractivity contribution >= 4 is 33.4 Å². The largest absolute Gasteiger partial charge is 0.454 e. The maximum Gasteiger partial charge on any atom is 0.244 e. The van der Waals surface area contributed by atoms with Gasteiger partial charge in [0.05, 0.1) is 5.03 Å². The summed E-state index contributed by atoms with van der Waals surface area (Å²) in [6, 6.07) is 8.45. The SMILES string of the molecule is CCN(CC)S(=O)(=O)c1ccc(SCCC(=O)Nc2ccc3c(c2)OCO3)nc1. The number of nitrogens with one attached hydrogen (secondary N) is 1. The quantitative estimate of drug-likeness (QED) is 0.602. The van der Waals surface area contributed by atoms with Gasteiger partial charge in [0.25, 0.3) is 0 Å². The first-order valence-corrected chi connectivity index (χ1v) is 11.6. The topological polar surface area (TPSA) is 97.8 Å². The number of sulfonamides is 1. The van der Waals surface area contributed by atoms with Crippen molar-refractivity contribution in [3.63, 3.8) is 0 Å². The van der Waals surface area contributed by atoms with Gasteiger partial charge in [0.2, 0.25) is 22.7 Å². The van der Waals surface area contributed by atoms with E-state index in [9.17, 15) is 13.2 Å². The van der Waals surface area contributed by atoms with E-state index in [1.54, 1.807) is 44.2 Å². The molecule has 1 aromatic heterocycles. The number of nitrogens with zero attached hydrogens (tertiary/aromatic N) is 2. The number of carbonyl (C=O) groups excluding carboxylic acids is 1. The third-order valence-corrected chi connectivity index (χ3v) is 7.27. The second kappa shape index (κ2) is 9.47. The maximum atomic E-state index is 12.5. The van der Waals surface area contributed by atoms with Gasteiger partial charge in [-0.25, -0.2) is 13.4 Å². The van der Waals surface area contributed by atoms with Gasteiger partial charge in [0.1, 0.15) is 4.90 Å². The fourth-order valence-electron chi connectivity index (χ4n) is 2.76. The van der Waals surface area contributed by atoms with Crippen LogP contribution in [-0.2, 0) is 14.8 Å². The zero-order valence-corrected chi connectivity index (χ0v) is 17.9. The molecule has 1 aromatic carbocycles. The van der Waals surface area contributed by atoms with E-state index >= 15 is 0 Å². The molecule has 0 atom stereocenters. The zero-order valence-electron chi connectivity index (χ0n) is 16.3. The van der Waals surface area contributed by atoms with Crippen molar-refractivity contribution < 1.29 is 22.7 Å². The minimum Gasteiger partial charge on any atom is -0.454 e. The minimum atomic E-state index is -3.51. The van der Waals surface area contributed by atoms with E-state index in [0.29, 0.717) is 47.5 Å². The van der Waals surface area contributed by atoms with E-state index in [-0.39, 0.29) is 17.6 Å². The third-order valence-electron chi connectivity index (χ3n) is 4.29. The van der Waals surface area contributed by atoms with Gasteiger partial charge in [0.15, 0.2) is 11.5 Å². The Kier molecular flexibility index (Phi) is 6.99. The molecule has 2 aromatic rings. The second-order valence-corrected chi connectivity index (χ2v) is 9.19. The lowest BCUT2D eigenvalue weighted by Gasteiger charge is -2.18. The Labute approximate surface area is 174 Å². The third kappa shape index (κ3) is 5.20. The highest BCUT2D eigenvalue weighted by atomic mass is 32.2. The predicted octanol–water partition coefficient (Wildman–Crippen LogP) is 2.96. The molecule has 0 aliphatic carbocycles. The lowest BCUT2D eigenvalue weighted by molar-refractivity contribution is -0.115. The summed E-state index contributed by atoms with van der Waals surface area (Å²) in [4.78, 5) is 16.5. The molecule has 0 saturated heterocycles. The van der Waals surface area contributed by atoms with Crippen LogP contribution in [0.2, 0.25) is 0 Å². The molecule has 8 nitrogen and oxygen atoms in total. The molecule has 1 N–H and O–H groups in total. The van der Waals surface area contributed by atoms with E-state index < -0.39 is 10.0 Å². The summed E-state index contributed by atoms with van der Waals surface area (Å²) in [5.41, 5.74) is 0.647. The van der Waals surface area contributed by atoms with E-state index in [0.717, 1.165) is 0 Å². The van der Waals surface area contributed by atoms with Gasteiger partial charge >= 0.3 is 0 Å². The van der Waals surface area contributed by atoms with E-state index in [1.807, 2.05) is 0 Å². The van der Waals surface area contributed by atoms with Gasteiger partial charge in [-0.05, 0) is 24.3 Å². The predicted molar refractivity (Wildman–Crippen MR) is 111 cm³/mol. The summed E-state index contributed by atoms with van der Waals surface area (Å²) in [6.45, 7) is 4.60. The molecule has 3 rings (SSSR count). The highest BCUT2D eigenvalue weighted by Gasteiger charge is 2.21. The van der Waals surface area contributed by atoms with Crippen LogP contribution >= 0.6 is 11.8 Å². The van der Waals surface area contributed by atoms with Gasteiger partial charge < -0.3 is 14.8 Å². The molecule has 1 aliphatic heterocycles. The fourth-order valence-corrected chi connectivity index (χ4v) is 4.96. The average Bonchev–Trinajstić information content (AvgIpc) is 3.17. The number of fused-ring (bicyclic) bond motifs is 1. The summed E-state index contributed by atoms with van der Waals surface area (Å²) in [7, 11) is -3.51. The zero-order chi connectivity index (χ0) is 20.9. The van der Waals surface area contributed by atoms with Gasteiger partial charge in [-0.3, -0.25) is 4.79 Å². The Morgan fingerprint density at radius 2 is 1.93 bits per heavy atom. The van der Waals surface area contributed by atoms with Crippen LogP contribution in [0.25, 0.3) is 0 Å². The first-order chi connectivity index (χ1) is 13.9. The molecule has 0 saturated carbocycles. The number of pyridine rings is 1. The Morgan fingerprint density at radius 1 is 1.17 bits per heavy atom. The molecule has 0 unspecified atom stereocenters. The second-order valence-electron chi connectivity index (χ2n) is 6.14. The van der Waals surface area contributed by atoms with Gasteiger partial charge in [-0.2, -0.15) is 4.31 Å². The van der Waals surface area contributed by atoms with Crippen LogP contribution in [0.15, 0.2) is 46.5 Å². The number of anilines is 1. The molecule has 0 bridgehead atoms. The van der Waals surface area contributed by atoms with Crippen molar-refractivity contribution in [1.82, 2.24) is 9.29 Å². The van der Waals surface area contributed by atoms with Crippen LogP contribution in [0, 0.1) is 0 Å². The average molecular weight is 438 g/mol. The highest BCUT2D eigenvalue weighted by Crippen LogP contribution is 2.34.